The Balaban J connectivity index is 1.78. The van der Waals surface area contributed by atoms with E-state index < -0.39 is 5.82 Å². The number of benzene rings is 1. The van der Waals surface area contributed by atoms with E-state index in [9.17, 15) is 9.18 Å². The Kier molecular flexibility index (Phi) is 5.56. The Labute approximate surface area is 124 Å². The molecule has 116 valence electrons. The number of nitrogens with one attached hydrogen (secondary N) is 1. The van der Waals surface area contributed by atoms with Gasteiger partial charge in [0.05, 0.1) is 11.8 Å². The number of amides is 1. The molecule has 21 heavy (non-hydrogen) atoms. The summed E-state index contributed by atoms with van der Waals surface area (Å²) in [7, 11) is 0. The first-order valence-corrected chi connectivity index (χ1v) is 7.55. The molecule has 4 nitrogen and oxygen atoms in total. The maximum Gasteiger partial charge on any atom is 0.250 e. The number of anilines is 2. The molecule has 1 amide bonds. The summed E-state index contributed by atoms with van der Waals surface area (Å²) >= 11 is 0. The summed E-state index contributed by atoms with van der Waals surface area (Å²) in [6.45, 7) is 2.22. The van der Waals surface area contributed by atoms with Crippen molar-refractivity contribution < 1.29 is 13.9 Å². The van der Waals surface area contributed by atoms with Gasteiger partial charge in [-0.2, -0.15) is 0 Å². The highest BCUT2D eigenvalue weighted by molar-refractivity contribution is 5.92. The van der Waals surface area contributed by atoms with Crippen LogP contribution in [0, 0.1) is 11.7 Å². The average molecular weight is 294 g/mol. The maximum atomic E-state index is 13.0. The van der Waals surface area contributed by atoms with Gasteiger partial charge in [-0.25, -0.2) is 4.39 Å². The standard InChI is InChI=1S/C16H23FN2O2/c1-2-11-4-3-5-13(8-11)21-10-16(20)19-12-6-7-14(17)15(18)9-12/h6-7,9,11,13H,2-5,8,10,18H2,1H3,(H,19,20). The van der Waals surface area contributed by atoms with Crippen molar-refractivity contribution in [1.29, 1.82) is 0 Å². The summed E-state index contributed by atoms with van der Waals surface area (Å²) in [5.74, 6) is -0.0135. The van der Waals surface area contributed by atoms with E-state index >= 15 is 0 Å². The number of hydrogen-bond donors (Lipinski definition) is 2. The Morgan fingerprint density at radius 3 is 3.00 bits per heavy atom. The smallest absolute Gasteiger partial charge is 0.250 e. The summed E-state index contributed by atoms with van der Waals surface area (Å²) < 4.78 is 18.7. The van der Waals surface area contributed by atoms with Crippen molar-refractivity contribution in [3.63, 3.8) is 0 Å². The molecule has 2 unspecified atom stereocenters. The molecule has 0 radical (unpaired) electrons. The second kappa shape index (κ2) is 7.41. The first-order chi connectivity index (χ1) is 10.1. The number of carbonyl (C=O) groups excluding carboxylic acids is 1. The summed E-state index contributed by atoms with van der Waals surface area (Å²) in [6.07, 6.45) is 5.82. The predicted octanol–water partition coefficient (Wildman–Crippen LogP) is 3.33. The fourth-order valence-electron chi connectivity index (χ4n) is 2.78. The zero-order valence-electron chi connectivity index (χ0n) is 12.4. The number of ether oxygens (including phenoxy) is 1. The Hall–Kier alpha value is -1.62. The number of rotatable bonds is 5. The molecule has 3 N–H and O–H groups in total. The maximum absolute atomic E-state index is 13.0. The minimum atomic E-state index is -0.489. The first-order valence-electron chi connectivity index (χ1n) is 7.55. The lowest BCUT2D eigenvalue weighted by Crippen LogP contribution is -2.27. The molecule has 1 aromatic rings. The van der Waals surface area contributed by atoms with Crippen LogP contribution in [-0.2, 0) is 9.53 Å². The Morgan fingerprint density at radius 1 is 1.48 bits per heavy atom. The number of hydrogen-bond acceptors (Lipinski definition) is 3. The van der Waals surface area contributed by atoms with E-state index in [0.717, 1.165) is 12.8 Å². The van der Waals surface area contributed by atoms with Crippen LogP contribution in [0.15, 0.2) is 18.2 Å². The van der Waals surface area contributed by atoms with E-state index in [1.165, 1.54) is 37.5 Å². The molecular formula is C16H23FN2O2. The van der Waals surface area contributed by atoms with Crippen molar-refractivity contribution >= 4 is 17.3 Å². The van der Waals surface area contributed by atoms with Crippen LogP contribution in [0.3, 0.4) is 0 Å². The van der Waals surface area contributed by atoms with Gasteiger partial charge in [0.25, 0.3) is 0 Å². The van der Waals surface area contributed by atoms with E-state index in [-0.39, 0.29) is 24.3 Å². The SMILES string of the molecule is CCC1CCCC(OCC(=O)Nc2ccc(F)c(N)c2)C1. The normalized spacial score (nSPS) is 22.0. The molecule has 5 heteroatoms. The molecule has 1 saturated carbocycles. The number of nitrogen functional groups attached to an aromatic ring is 1. The van der Waals surface area contributed by atoms with Gasteiger partial charge in [-0.3, -0.25) is 4.79 Å². The molecule has 0 aliphatic heterocycles. The van der Waals surface area contributed by atoms with Crippen LogP contribution < -0.4 is 11.1 Å². The van der Waals surface area contributed by atoms with Gasteiger partial charge < -0.3 is 15.8 Å². The lowest BCUT2D eigenvalue weighted by atomic mass is 9.85. The molecule has 0 spiro atoms. The largest absolute Gasteiger partial charge is 0.396 e. The van der Waals surface area contributed by atoms with E-state index in [0.29, 0.717) is 11.6 Å². The molecule has 0 heterocycles. The van der Waals surface area contributed by atoms with Crippen LogP contribution in [0.1, 0.15) is 39.0 Å². The zero-order valence-corrected chi connectivity index (χ0v) is 12.4. The molecule has 1 aromatic carbocycles. The fourth-order valence-corrected chi connectivity index (χ4v) is 2.78. The molecule has 1 aliphatic rings. The van der Waals surface area contributed by atoms with E-state index in [2.05, 4.69) is 12.2 Å². The zero-order chi connectivity index (χ0) is 15.2. The quantitative estimate of drug-likeness (QED) is 0.819. The van der Waals surface area contributed by atoms with Crippen molar-refractivity contribution in [3.05, 3.63) is 24.0 Å². The van der Waals surface area contributed by atoms with Crippen molar-refractivity contribution in [1.82, 2.24) is 0 Å². The van der Waals surface area contributed by atoms with Crippen molar-refractivity contribution in [3.8, 4) is 0 Å². The van der Waals surface area contributed by atoms with Gasteiger partial charge in [0, 0.05) is 5.69 Å². The lowest BCUT2D eigenvalue weighted by Gasteiger charge is -2.28. The van der Waals surface area contributed by atoms with Crippen molar-refractivity contribution in [2.75, 3.05) is 17.7 Å². The highest BCUT2D eigenvalue weighted by atomic mass is 19.1. The summed E-state index contributed by atoms with van der Waals surface area (Å²) in [4.78, 5) is 11.8. The van der Waals surface area contributed by atoms with Crippen LogP contribution >= 0.6 is 0 Å². The third-order valence-corrected chi connectivity index (χ3v) is 4.04. The molecular weight excluding hydrogens is 271 g/mol. The highest BCUT2D eigenvalue weighted by Crippen LogP contribution is 2.28. The van der Waals surface area contributed by atoms with Gasteiger partial charge in [-0.05, 0) is 37.0 Å². The fraction of sp³-hybridized carbons (Fsp3) is 0.562. The summed E-state index contributed by atoms with van der Waals surface area (Å²) in [6, 6.07) is 4.12. The van der Waals surface area contributed by atoms with Gasteiger partial charge in [0.2, 0.25) is 5.91 Å². The average Bonchev–Trinajstić information content (AvgIpc) is 2.49. The summed E-state index contributed by atoms with van der Waals surface area (Å²) in [5.41, 5.74) is 5.96. The highest BCUT2D eigenvalue weighted by Gasteiger charge is 2.21. The van der Waals surface area contributed by atoms with Crippen LogP contribution in [0.4, 0.5) is 15.8 Å². The predicted molar refractivity (Wildman–Crippen MR) is 81.4 cm³/mol. The first kappa shape index (κ1) is 15.8. The van der Waals surface area contributed by atoms with Crippen LogP contribution in [-0.4, -0.2) is 18.6 Å². The number of carbonyl (C=O) groups is 1. The van der Waals surface area contributed by atoms with Gasteiger partial charge >= 0.3 is 0 Å². The second-order valence-electron chi connectivity index (χ2n) is 5.66. The van der Waals surface area contributed by atoms with E-state index in [1.54, 1.807) is 0 Å². The molecule has 2 rings (SSSR count). The molecule has 1 fully saturated rings. The molecule has 0 aromatic heterocycles. The van der Waals surface area contributed by atoms with Gasteiger partial charge in [-0.15, -0.1) is 0 Å². The van der Waals surface area contributed by atoms with Crippen LogP contribution in [0.25, 0.3) is 0 Å². The van der Waals surface area contributed by atoms with Crippen LogP contribution in [0.2, 0.25) is 0 Å². The molecule has 0 saturated heterocycles. The third kappa shape index (κ3) is 4.70. The molecule has 0 bridgehead atoms. The number of nitrogens with two attached hydrogens (primary N) is 1. The van der Waals surface area contributed by atoms with Gasteiger partial charge in [0.15, 0.2) is 0 Å². The topological polar surface area (TPSA) is 64.3 Å². The van der Waals surface area contributed by atoms with Crippen LogP contribution in [0.5, 0.6) is 0 Å². The lowest BCUT2D eigenvalue weighted by molar-refractivity contribution is -0.123. The second-order valence-corrected chi connectivity index (χ2v) is 5.66. The minimum Gasteiger partial charge on any atom is -0.396 e. The van der Waals surface area contributed by atoms with E-state index in [1.807, 2.05) is 0 Å². The van der Waals surface area contributed by atoms with Crippen molar-refractivity contribution in [2.45, 2.75) is 45.1 Å². The van der Waals surface area contributed by atoms with Gasteiger partial charge in [0.1, 0.15) is 12.4 Å². The molecule has 2 atom stereocenters. The Bertz CT molecular complexity index is 493. The third-order valence-electron chi connectivity index (χ3n) is 4.04. The minimum absolute atomic E-state index is 0.0202. The van der Waals surface area contributed by atoms with Crippen molar-refractivity contribution in [2.24, 2.45) is 5.92 Å². The molecule has 1 aliphatic carbocycles. The monoisotopic (exact) mass is 294 g/mol. The summed E-state index contributed by atoms with van der Waals surface area (Å²) in [5, 5.41) is 2.66. The number of halogens is 1. The van der Waals surface area contributed by atoms with E-state index in [4.69, 9.17) is 10.5 Å². The van der Waals surface area contributed by atoms with Gasteiger partial charge in [-0.1, -0.05) is 26.2 Å². The Morgan fingerprint density at radius 2 is 2.29 bits per heavy atom.